The molecule has 0 unspecified atom stereocenters. The molecule has 2 bridgehead atoms. The van der Waals surface area contributed by atoms with Gasteiger partial charge in [0.25, 0.3) is 5.91 Å². The molecule has 0 saturated carbocycles. The molecule has 3 aromatic rings. The van der Waals surface area contributed by atoms with Crippen LogP contribution in [-0.4, -0.2) is 84.4 Å². The van der Waals surface area contributed by atoms with Gasteiger partial charge in [0.1, 0.15) is 17.7 Å². The number of aliphatic hydroxyl groups is 1. The number of ether oxygens (including phenoxy) is 3. The zero-order valence-corrected chi connectivity index (χ0v) is 31.8. The molecule has 3 fully saturated rings. The summed E-state index contributed by atoms with van der Waals surface area (Å²) in [6, 6.07) is 21.1. The van der Waals surface area contributed by atoms with E-state index in [1.165, 1.54) is 12.0 Å². The van der Waals surface area contributed by atoms with Crippen LogP contribution in [-0.2, 0) is 33.4 Å². The van der Waals surface area contributed by atoms with E-state index < -0.39 is 66.3 Å². The van der Waals surface area contributed by atoms with Crippen LogP contribution in [0.25, 0.3) is 0 Å². The van der Waals surface area contributed by atoms with Crippen LogP contribution in [0, 0.1) is 25.7 Å². The number of likely N-dealkylation sites (tertiary alicyclic amines) is 1. The highest BCUT2D eigenvalue weighted by molar-refractivity contribution is 6.05. The van der Waals surface area contributed by atoms with Crippen molar-refractivity contribution >= 4 is 29.4 Å². The fraction of sp³-hybridized carbons (Fsp3) is 0.409. The van der Waals surface area contributed by atoms with E-state index in [9.17, 15) is 14.7 Å². The van der Waals surface area contributed by atoms with Crippen LogP contribution < -0.4 is 10.2 Å². The number of para-hydroxylation sites is 1. The van der Waals surface area contributed by atoms with Crippen molar-refractivity contribution in [3.05, 3.63) is 126 Å². The van der Waals surface area contributed by atoms with E-state index in [4.69, 9.17) is 14.2 Å². The second-order valence-corrected chi connectivity index (χ2v) is 14.6. The number of esters is 1. The van der Waals surface area contributed by atoms with Crippen molar-refractivity contribution in [3.63, 3.8) is 0 Å². The number of allylic oxidation sites excluding steroid dienone is 1. The van der Waals surface area contributed by atoms with E-state index in [1.54, 1.807) is 29.2 Å². The number of nitrogens with one attached hydrogen (secondary N) is 1. The largest absolute Gasteiger partial charge is 0.455 e. The molecule has 3 saturated heterocycles. The maximum Gasteiger partial charge on any atom is 0.313 e. The number of fused-ring (bicyclic) bond motifs is 1. The van der Waals surface area contributed by atoms with Gasteiger partial charge in [-0.3, -0.25) is 19.2 Å². The molecule has 8 atom stereocenters. The zero-order chi connectivity index (χ0) is 39.3. The molecule has 0 radical (unpaired) electrons. The van der Waals surface area contributed by atoms with E-state index in [1.807, 2.05) is 80.6 Å². The first-order chi connectivity index (χ1) is 26.6. The number of aliphatic hydroxyl groups excluding tert-OH is 1. The van der Waals surface area contributed by atoms with Gasteiger partial charge < -0.3 is 34.4 Å². The zero-order valence-electron chi connectivity index (χ0n) is 31.8. The summed E-state index contributed by atoms with van der Waals surface area (Å²) in [5, 5.41) is 13.9. The molecule has 3 aromatic carbocycles. The van der Waals surface area contributed by atoms with E-state index in [0.717, 1.165) is 11.1 Å². The molecule has 6 rings (SSSR count). The number of anilines is 1. The van der Waals surface area contributed by atoms with Crippen molar-refractivity contribution in [1.29, 1.82) is 0 Å². The fourth-order valence-electron chi connectivity index (χ4n) is 8.93. The predicted octanol–water partition coefficient (Wildman–Crippen LogP) is 5.31. The molecule has 3 aliphatic rings. The Kier molecular flexibility index (Phi) is 12.3. The van der Waals surface area contributed by atoms with Gasteiger partial charge in [0, 0.05) is 25.8 Å². The van der Waals surface area contributed by atoms with Crippen molar-refractivity contribution in [2.24, 2.45) is 11.8 Å². The number of rotatable bonds is 17. The van der Waals surface area contributed by atoms with Crippen molar-refractivity contribution in [3.8, 4) is 0 Å². The molecule has 290 valence electrons. The van der Waals surface area contributed by atoms with Crippen molar-refractivity contribution in [2.75, 3.05) is 31.8 Å². The summed E-state index contributed by atoms with van der Waals surface area (Å²) in [5.41, 5.74) is 2.33. The molecule has 11 nitrogen and oxygen atoms in total. The number of hydrogen-bond donors (Lipinski definition) is 2. The Balaban J connectivity index is 1.42. The lowest BCUT2D eigenvalue weighted by Gasteiger charge is -2.40. The number of hydrogen-bond acceptors (Lipinski definition) is 8. The Hall–Kier alpha value is -5.10. The van der Waals surface area contributed by atoms with Crippen LogP contribution in [0.15, 0.2) is 104 Å². The molecule has 3 heterocycles. The van der Waals surface area contributed by atoms with E-state index in [0.29, 0.717) is 36.1 Å². The van der Waals surface area contributed by atoms with Crippen LogP contribution >= 0.6 is 0 Å². The molecule has 0 aromatic heterocycles. The first-order valence-corrected chi connectivity index (χ1v) is 18.9. The van der Waals surface area contributed by atoms with E-state index in [-0.39, 0.29) is 31.4 Å². The molecule has 0 aliphatic carbocycles. The van der Waals surface area contributed by atoms with Crippen LogP contribution in [0.1, 0.15) is 60.1 Å². The standard InChI is InChI=1S/C44H51N3O8/c1-6-8-22-35(49)45-32(27-53-5)39(31-20-13-10-14-21-31)54-43(52)36-34-23-24-44(55-34)37(36)41(50)47(33(26-48)30-18-11-9-12-19-30)40(44)42(51)46(25-7-2)38-28(3)16-15-17-29(38)4/h6-7,9-21,32-34,36-37,39-40,48H,1-2,8,22-27H2,3-5H3,(H,45,49)/t32-,33+,34-,36+,37+,39-,40-,44+/m0/s1. The smallest absolute Gasteiger partial charge is 0.313 e. The fourth-order valence-corrected chi connectivity index (χ4v) is 8.93. The Morgan fingerprint density at radius 2 is 1.65 bits per heavy atom. The lowest BCUT2D eigenvalue weighted by atomic mass is 9.70. The summed E-state index contributed by atoms with van der Waals surface area (Å²) in [7, 11) is 1.50. The lowest BCUT2D eigenvalue weighted by molar-refractivity contribution is -0.163. The Morgan fingerprint density at radius 1 is 1.00 bits per heavy atom. The van der Waals surface area contributed by atoms with Crippen molar-refractivity contribution < 1.29 is 38.5 Å². The quantitative estimate of drug-likeness (QED) is 0.140. The minimum absolute atomic E-state index is 0.0423. The van der Waals surface area contributed by atoms with Gasteiger partial charge >= 0.3 is 5.97 Å². The second kappa shape index (κ2) is 17.1. The molecular weight excluding hydrogens is 698 g/mol. The van der Waals surface area contributed by atoms with Gasteiger partial charge in [-0.15, -0.1) is 13.2 Å². The molecule has 3 aliphatic heterocycles. The number of aryl methyl sites for hydroxylation is 2. The van der Waals surface area contributed by atoms with Crippen LogP contribution in [0.4, 0.5) is 5.69 Å². The van der Waals surface area contributed by atoms with E-state index in [2.05, 4.69) is 18.5 Å². The number of carbonyl (C=O) groups excluding carboxylic acids is 4. The normalized spacial score (nSPS) is 24.1. The Labute approximate surface area is 322 Å². The topological polar surface area (TPSA) is 135 Å². The minimum atomic E-state index is -1.38. The first-order valence-electron chi connectivity index (χ1n) is 18.9. The summed E-state index contributed by atoms with van der Waals surface area (Å²) in [4.78, 5) is 61.2. The van der Waals surface area contributed by atoms with Crippen LogP contribution in [0.2, 0.25) is 0 Å². The monoisotopic (exact) mass is 749 g/mol. The van der Waals surface area contributed by atoms with Crippen molar-refractivity contribution in [1.82, 2.24) is 10.2 Å². The van der Waals surface area contributed by atoms with Crippen molar-refractivity contribution in [2.45, 2.75) is 75.5 Å². The third-order valence-electron chi connectivity index (χ3n) is 11.2. The van der Waals surface area contributed by atoms with Gasteiger partial charge in [-0.1, -0.05) is 91.0 Å². The maximum absolute atomic E-state index is 15.3. The van der Waals surface area contributed by atoms with Gasteiger partial charge in [-0.2, -0.15) is 0 Å². The highest BCUT2D eigenvalue weighted by atomic mass is 16.6. The number of methoxy groups -OCH3 is 1. The van der Waals surface area contributed by atoms with E-state index >= 15 is 9.59 Å². The summed E-state index contributed by atoms with van der Waals surface area (Å²) >= 11 is 0. The molecule has 11 heteroatoms. The predicted molar refractivity (Wildman–Crippen MR) is 208 cm³/mol. The second-order valence-electron chi connectivity index (χ2n) is 14.6. The first kappa shape index (κ1) is 39.6. The summed E-state index contributed by atoms with van der Waals surface area (Å²) in [6.07, 6.45) is 3.05. The third kappa shape index (κ3) is 7.48. The summed E-state index contributed by atoms with van der Waals surface area (Å²) in [5.74, 6) is -3.92. The van der Waals surface area contributed by atoms with Gasteiger partial charge in [-0.05, 0) is 55.4 Å². The number of amides is 3. The number of benzene rings is 3. The lowest BCUT2D eigenvalue weighted by Crippen LogP contribution is -2.57. The number of nitrogens with zero attached hydrogens (tertiary/aromatic N) is 2. The van der Waals surface area contributed by atoms with Gasteiger partial charge in [0.2, 0.25) is 11.8 Å². The number of carbonyl (C=O) groups is 4. The minimum Gasteiger partial charge on any atom is -0.455 e. The highest BCUT2D eigenvalue weighted by Crippen LogP contribution is 2.60. The molecule has 55 heavy (non-hydrogen) atoms. The van der Waals surface area contributed by atoms with Crippen LogP contribution in [0.5, 0.6) is 0 Å². The van der Waals surface area contributed by atoms with Gasteiger partial charge in [0.15, 0.2) is 0 Å². The Morgan fingerprint density at radius 3 is 2.25 bits per heavy atom. The van der Waals surface area contributed by atoms with Crippen LogP contribution in [0.3, 0.4) is 0 Å². The molecular formula is C44H51N3O8. The average molecular weight is 750 g/mol. The molecule has 1 spiro atoms. The molecule has 2 N–H and O–H groups in total. The highest BCUT2D eigenvalue weighted by Gasteiger charge is 2.76. The summed E-state index contributed by atoms with van der Waals surface area (Å²) < 4.78 is 18.7. The SMILES string of the molecule is C=CCCC(=O)N[C@@H](COC)[C@@H](OC(=O)[C@@H]1[C@@H]2CC[C@]3(O2)[C@H](C(=O)N(CC=C)c2c(C)cccc2C)N([C@H](CO)c2ccccc2)C(=O)[C@@H]13)c1ccccc1. The molecule has 3 amide bonds. The average Bonchev–Trinajstić information content (AvgIpc) is 3.84. The third-order valence-corrected chi connectivity index (χ3v) is 11.2. The van der Waals surface area contributed by atoms with Gasteiger partial charge in [0.05, 0.1) is 43.2 Å². The van der Waals surface area contributed by atoms with Gasteiger partial charge in [-0.25, -0.2) is 0 Å². The maximum atomic E-state index is 15.3. The Bertz CT molecular complexity index is 1870. The summed E-state index contributed by atoms with van der Waals surface area (Å²) in [6.45, 7) is 11.2.